The van der Waals surface area contributed by atoms with E-state index >= 15 is 0 Å². The number of rotatable bonds is 6. The number of hydrogen-bond donors (Lipinski definition) is 2. The van der Waals surface area contributed by atoms with Gasteiger partial charge in [0, 0.05) is 11.4 Å². The second-order valence-electron chi connectivity index (χ2n) is 7.51. The maximum atomic E-state index is 12.1. The first-order chi connectivity index (χ1) is 14.4. The van der Waals surface area contributed by atoms with E-state index in [-0.39, 0.29) is 11.8 Å². The van der Waals surface area contributed by atoms with Crippen molar-refractivity contribution < 1.29 is 19.1 Å². The summed E-state index contributed by atoms with van der Waals surface area (Å²) >= 11 is 1.25. The molecule has 1 heterocycles. The number of amides is 3. The van der Waals surface area contributed by atoms with Crippen LogP contribution in [0.5, 0.6) is 0 Å². The number of fused-ring (bicyclic) bond motifs is 1. The Labute approximate surface area is 180 Å². The molecule has 3 rings (SSSR count). The molecule has 1 fully saturated rings. The summed E-state index contributed by atoms with van der Waals surface area (Å²) < 4.78 is 5.16. The molecule has 0 bridgehead atoms. The van der Waals surface area contributed by atoms with E-state index in [0.29, 0.717) is 5.03 Å². The van der Waals surface area contributed by atoms with Crippen LogP contribution in [0, 0.1) is 6.92 Å². The highest BCUT2D eigenvalue weighted by Crippen LogP contribution is 2.23. The molecule has 160 valence electrons. The molecule has 7 nitrogen and oxygen atoms in total. The Morgan fingerprint density at radius 3 is 2.70 bits per heavy atom. The first kappa shape index (κ1) is 22.1. The Bertz CT molecular complexity index is 928. The third-order valence-electron chi connectivity index (χ3n) is 5.09. The number of nitrogens with zero attached hydrogens (tertiary/aromatic N) is 1. The van der Waals surface area contributed by atoms with Crippen LogP contribution in [0.2, 0.25) is 0 Å². The number of hydrogen-bond acceptors (Lipinski definition) is 6. The summed E-state index contributed by atoms with van der Waals surface area (Å²) in [4.78, 5) is 40.8. The lowest BCUT2D eigenvalue weighted by Gasteiger charge is -2.23. The molecule has 1 aliphatic rings. The standard InChI is InChI=1S/C22H27N3O4S/c1-14-12-19(24-18-11-7-6-10-17(14)18)30-13-20(26)29-15(2)21(27)25-22(28)23-16-8-4-3-5-9-16/h6-7,10-12,15-16H,3-5,8-9,13H2,1-2H3,(H2,23,25,27,28)/t15-/m0/s1. The number of thioether (sulfide) groups is 1. The Hall–Kier alpha value is -2.61. The maximum Gasteiger partial charge on any atom is 0.321 e. The molecule has 1 atom stereocenters. The maximum absolute atomic E-state index is 12.1. The first-order valence-corrected chi connectivity index (χ1v) is 11.2. The van der Waals surface area contributed by atoms with E-state index in [1.54, 1.807) is 0 Å². The number of esters is 1. The highest BCUT2D eigenvalue weighted by molar-refractivity contribution is 7.99. The van der Waals surface area contributed by atoms with Gasteiger partial charge in [0.05, 0.1) is 16.3 Å². The molecular formula is C22H27N3O4S. The smallest absolute Gasteiger partial charge is 0.321 e. The zero-order valence-electron chi connectivity index (χ0n) is 17.3. The predicted octanol–water partition coefficient (Wildman–Crippen LogP) is 3.73. The Kier molecular flexibility index (Phi) is 7.68. The van der Waals surface area contributed by atoms with E-state index in [9.17, 15) is 14.4 Å². The van der Waals surface area contributed by atoms with Crippen LogP contribution in [0.1, 0.15) is 44.6 Å². The number of carbonyl (C=O) groups excluding carboxylic acids is 3. The fraction of sp³-hybridized carbons (Fsp3) is 0.455. The third kappa shape index (κ3) is 6.19. The average Bonchev–Trinajstić information content (AvgIpc) is 2.73. The van der Waals surface area contributed by atoms with Gasteiger partial charge in [0.2, 0.25) is 0 Å². The number of aryl methyl sites for hydroxylation is 1. The molecule has 0 spiro atoms. The number of nitrogens with one attached hydrogen (secondary N) is 2. The van der Waals surface area contributed by atoms with Gasteiger partial charge >= 0.3 is 12.0 Å². The summed E-state index contributed by atoms with van der Waals surface area (Å²) in [5.41, 5.74) is 1.94. The Morgan fingerprint density at radius 1 is 1.20 bits per heavy atom. The van der Waals surface area contributed by atoms with Crippen molar-refractivity contribution in [2.24, 2.45) is 0 Å². The van der Waals surface area contributed by atoms with E-state index in [0.717, 1.165) is 42.1 Å². The third-order valence-corrected chi connectivity index (χ3v) is 5.98. The molecular weight excluding hydrogens is 402 g/mol. The highest BCUT2D eigenvalue weighted by atomic mass is 32.2. The molecule has 0 saturated heterocycles. The van der Waals surface area contributed by atoms with Gasteiger partial charge in [0.15, 0.2) is 6.10 Å². The Balaban J connectivity index is 1.44. The number of ether oxygens (including phenoxy) is 1. The number of imide groups is 1. The quantitative estimate of drug-likeness (QED) is 0.536. The van der Waals surface area contributed by atoms with Gasteiger partial charge in [-0.1, -0.05) is 49.2 Å². The molecule has 3 amide bonds. The molecule has 1 aliphatic carbocycles. The number of benzene rings is 1. The van der Waals surface area contributed by atoms with E-state index < -0.39 is 24.0 Å². The lowest BCUT2D eigenvalue weighted by Crippen LogP contribution is -2.48. The van der Waals surface area contributed by atoms with Crippen molar-refractivity contribution in [3.05, 3.63) is 35.9 Å². The van der Waals surface area contributed by atoms with Gasteiger partial charge < -0.3 is 10.1 Å². The van der Waals surface area contributed by atoms with Crippen molar-refractivity contribution in [3.63, 3.8) is 0 Å². The Morgan fingerprint density at radius 2 is 1.93 bits per heavy atom. The van der Waals surface area contributed by atoms with Crippen LogP contribution < -0.4 is 10.6 Å². The fourth-order valence-electron chi connectivity index (χ4n) is 3.49. The number of urea groups is 1. The molecule has 0 unspecified atom stereocenters. The zero-order valence-corrected chi connectivity index (χ0v) is 18.1. The topological polar surface area (TPSA) is 97.4 Å². The second kappa shape index (κ2) is 10.4. The summed E-state index contributed by atoms with van der Waals surface area (Å²) in [6.45, 7) is 3.45. The molecule has 8 heteroatoms. The van der Waals surface area contributed by atoms with Crippen molar-refractivity contribution in [3.8, 4) is 0 Å². The van der Waals surface area contributed by atoms with Crippen LogP contribution in [0.15, 0.2) is 35.4 Å². The first-order valence-electron chi connectivity index (χ1n) is 10.2. The number of aromatic nitrogens is 1. The second-order valence-corrected chi connectivity index (χ2v) is 8.51. The van der Waals surface area contributed by atoms with Crippen molar-refractivity contribution >= 4 is 40.6 Å². The molecule has 2 aromatic rings. The molecule has 0 radical (unpaired) electrons. The minimum absolute atomic E-state index is 0.0245. The van der Waals surface area contributed by atoms with Crippen molar-refractivity contribution in [1.82, 2.24) is 15.6 Å². The van der Waals surface area contributed by atoms with Crippen molar-refractivity contribution in [1.29, 1.82) is 0 Å². The van der Waals surface area contributed by atoms with E-state index in [2.05, 4.69) is 15.6 Å². The van der Waals surface area contributed by atoms with Crippen LogP contribution in [-0.2, 0) is 14.3 Å². The zero-order chi connectivity index (χ0) is 21.5. The van der Waals surface area contributed by atoms with Crippen LogP contribution in [0.25, 0.3) is 10.9 Å². The van der Waals surface area contributed by atoms with Gasteiger partial charge in [-0.15, -0.1) is 0 Å². The normalized spacial score (nSPS) is 15.4. The summed E-state index contributed by atoms with van der Waals surface area (Å²) in [6.07, 6.45) is 4.13. The van der Waals surface area contributed by atoms with Gasteiger partial charge in [-0.3, -0.25) is 14.9 Å². The summed E-state index contributed by atoms with van der Waals surface area (Å²) in [5, 5.41) is 6.83. The van der Waals surface area contributed by atoms with Gasteiger partial charge in [-0.25, -0.2) is 9.78 Å². The van der Waals surface area contributed by atoms with Crippen LogP contribution >= 0.6 is 11.8 Å². The van der Waals surface area contributed by atoms with E-state index in [4.69, 9.17) is 4.74 Å². The van der Waals surface area contributed by atoms with E-state index in [1.807, 2.05) is 37.3 Å². The van der Waals surface area contributed by atoms with Crippen LogP contribution in [0.3, 0.4) is 0 Å². The van der Waals surface area contributed by atoms with Crippen molar-refractivity contribution in [2.45, 2.75) is 63.1 Å². The van der Waals surface area contributed by atoms with Crippen LogP contribution in [0.4, 0.5) is 4.79 Å². The van der Waals surface area contributed by atoms with Gasteiger partial charge in [0.25, 0.3) is 5.91 Å². The van der Waals surface area contributed by atoms with E-state index in [1.165, 1.54) is 25.1 Å². The minimum atomic E-state index is -1.05. The minimum Gasteiger partial charge on any atom is -0.452 e. The van der Waals surface area contributed by atoms with Crippen molar-refractivity contribution in [2.75, 3.05) is 5.75 Å². The summed E-state index contributed by atoms with van der Waals surface area (Å²) in [7, 11) is 0. The predicted molar refractivity (Wildman–Crippen MR) is 116 cm³/mol. The monoisotopic (exact) mass is 429 g/mol. The molecule has 1 saturated carbocycles. The molecule has 1 aromatic heterocycles. The van der Waals surface area contributed by atoms with Gasteiger partial charge in [0.1, 0.15) is 0 Å². The average molecular weight is 430 g/mol. The number of para-hydroxylation sites is 1. The lowest BCUT2D eigenvalue weighted by atomic mass is 9.96. The van der Waals surface area contributed by atoms with Gasteiger partial charge in [-0.05, 0) is 44.4 Å². The largest absolute Gasteiger partial charge is 0.452 e. The number of carbonyl (C=O) groups is 3. The molecule has 1 aromatic carbocycles. The summed E-state index contributed by atoms with van der Waals surface area (Å²) in [6, 6.07) is 9.29. The summed E-state index contributed by atoms with van der Waals surface area (Å²) in [5.74, 6) is -1.15. The lowest BCUT2D eigenvalue weighted by molar-refractivity contribution is -0.151. The molecule has 30 heavy (non-hydrogen) atoms. The van der Waals surface area contributed by atoms with Gasteiger partial charge in [-0.2, -0.15) is 0 Å². The molecule has 2 N–H and O–H groups in total. The highest BCUT2D eigenvalue weighted by Gasteiger charge is 2.22. The molecule has 0 aliphatic heterocycles. The number of pyridine rings is 1. The SMILES string of the molecule is Cc1cc(SCC(=O)O[C@@H](C)C(=O)NC(=O)NC2CCCCC2)nc2ccccc12. The fourth-order valence-corrected chi connectivity index (χ4v) is 4.25. The van der Waals surface area contributed by atoms with Crippen LogP contribution in [-0.4, -0.2) is 40.8 Å².